The second kappa shape index (κ2) is 5.16. The molecule has 1 N–H and O–H groups in total. The number of anilines is 1. The van der Waals surface area contributed by atoms with E-state index in [0.29, 0.717) is 12.1 Å². The number of fused-ring (bicyclic) bond motifs is 1. The molecule has 4 nitrogen and oxygen atoms in total. The number of halogens is 1. The van der Waals surface area contributed by atoms with E-state index < -0.39 is 0 Å². The number of benzene rings is 1. The Balaban J connectivity index is 1.88. The number of hydrogen-bond acceptors (Lipinski definition) is 4. The Morgan fingerprint density at radius 3 is 2.86 bits per heavy atom. The highest BCUT2D eigenvalue weighted by Crippen LogP contribution is 2.26. The summed E-state index contributed by atoms with van der Waals surface area (Å²) in [5.74, 6) is 1.26. The average Bonchev–Trinajstić information content (AvgIpc) is 2.76. The largest absolute Gasteiger partial charge is 0.459 e. The van der Waals surface area contributed by atoms with Crippen molar-refractivity contribution in [2.75, 3.05) is 5.32 Å². The maximum Gasteiger partial charge on any atom is 0.148 e. The monoisotopic (exact) mass is 285 g/mol. The normalized spacial score (nSPS) is 11.0. The quantitative estimate of drug-likeness (QED) is 0.793. The summed E-state index contributed by atoms with van der Waals surface area (Å²) in [6.07, 6.45) is 1.73. The van der Waals surface area contributed by atoms with Crippen molar-refractivity contribution < 1.29 is 8.81 Å². The summed E-state index contributed by atoms with van der Waals surface area (Å²) in [5, 5.41) is 4.03. The summed E-state index contributed by atoms with van der Waals surface area (Å²) in [5.41, 5.74) is 3.32. The van der Waals surface area contributed by atoms with E-state index in [-0.39, 0.29) is 5.82 Å². The zero-order valence-electron chi connectivity index (χ0n) is 12.2. The van der Waals surface area contributed by atoms with Gasteiger partial charge in [-0.15, -0.1) is 0 Å². The molecule has 0 aliphatic heterocycles. The maximum atomic E-state index is 13.3. The van der Waals surface area contributed by atoms with Crippen LogP contribution in [0.2, 0.25) is 0 Å². The molecule has 0 radical (unpaired) electrons. The van der Waals surface area contributed by atoms with Crippen LogP contribution in [0.4, 0.5) is 10.2 Å². The van der Waals surface area contributed by atoms with Crippen LogP contribution in [0, 0.1) is 26.6 Å². The van der Waals surface area contributed by atoms with Gasteiger partial charge in [0, 0.05) is 17.1 Å². The first kappa shape index (κ1) is 13.5. The van der Waals surface area contributed by atoms with E-state index in [0.717, 1.165) is 33.9 Å². The van der Waals surface area contributed by atoms with Crippen molar-refractivity contribution in [2.24, 2.45) is 0 Å². The smallest absolute Gasteiger partial charge is 0.148 e. The third kappa shape index (κ3) is 2.59. The van der Waals surface area contributed by atoms with E-state index in [9.17, 15) is 4.39 Å². The highest BCUT2D eigenvalue weighted by molar-refractivity contribution is 5.82. The minimum atomic E-state index is -0.258. The number of rotatable bonds is 3. The van der Waals surface area contributed by atoms with Crippen LogP contribution in [-0.4, -0.2) is 9.97 Å². The Bertz CT molecular complexity index is 811. The van der Waals surface area contributed by atoms with Crippen LogP contribution in [0.1, 0.15) is 22.7 Å². The SMILES string of the molecule is Cc1cnc(C)c(NCc2oc3ccc(F)cc3c2C)n1. The van der Waals surface area contributed by atoms with Gasteiger partial charge in [-0.25, -0.2) is 9.37 Å². The zero-order valence-corrected chi connectivity index (χ0v) is 12.2. The minimum absolute atomic E-state index is 0.258. The van der Waals surface area contributed by atoms with E-state index in [1.807, 2.05) is 20.8 Å². The van der Waals surface area contributed by atoms with Gasteiger partial charge in [-0.2, -0.15) is 0 Å². The van der Waals surface area contributed by atoms with Crippen LogP contribution in [0.3, 0.4) is 0 Å². The Hall–Kier alpha value is -2.43. The van der Waals surface area contributed by atoms with E-state index in [4.69, 9.17) is 4.42 Å². The molecule has 0 unspecified atom stereocenters. The average molecular weight is 285 g/mol. The predicted octanol–water partition coefficient (Wildman–Crippen LogP) is 3.90. The summed E-state index contributed by atoms with van der Waals surface area (Å²) >= 11 is 0. The highest BCUT2D eigenvalue weighted by atomic mass is 19.1. The van der Waals surface area contributed by atoms with Crippen molar-refractivity contribution in [3.63, 3.8) is 0 Å². The number of furan rings is 1. The van der Waals surface area contributed by atoms with Gasteiger partial charge in [-0.3, -0.25) is 4.98 Å². The molecule has 3 aromatic rings. The Morgan fingerprint density at radius 1 is 1.24 bits per heavy atom. The first-order valence-electron chi connectivity index (χ1n) is 6.76. The topological polar surface area (TPSA) is 51.0 Å². The maximum absolute atomic E-state index is 13.3. The number of nitrogens with zero attached hydrogens (tertiary/aromatic N) is 2. The van der Waals surface area contributed by atoms with E-state index in [2.05, 4.69) is 15.3 Å². The fraction of sp³-hybridized carbons (Fsp3) is 0.250. The molecular formula is C16H16FN3O. The Labute approximate surface area is 122 Å². The summed E-state index contributed by atoms with van der Waals surface area (Å²) in [6, 6.07) is 4.55. The first-order chi connectivity index (χ1) is 10.0. The lowest BCUT2D eigenvalue weighted by atomic mass is 10.1. The molecule has 0 amide bonds. The van der Waals surface area contributed by atoms with E-state index in [1.165, 1.54) is 12.1 Å². The lowest BCUT2D eigenvalue weighted by Gasteiger charge is -2.07. The van der Waals surface area contributed by atoms with Crippen molar-refractivity contribution in [1.29, 1.82) is 0 Å². The summed E-state index contributed by atoms with van der Waals surface area (Å²) in [6.45, 7) is 6.21. The van der Waals surface area contributed by atoms with Crippen molar-refractivity contribution >= 4 is 16.8 Å². The van der Waals surface area contributed by atoms with E-state index in [1.54, 1.807) is 12.3 Å². The molecule has 0 aliphatic rings. The molecule has 5 heteroatoms. The molecular weight excluding hydrogens is 269 g/mol. The highest BCUT2D eigenvalue weighted by Gasteiger charge is 2.12. The fourth-order valence-electron chi connectivity index (χ4n) is 2.28. The van der Waals surface area contributed by atoms with Gasteiger partial charge < -0.3 is 9.73 Å². The van der Waals surface area contributed by atoms with Gasteiger partial charge in [0.1, 0.15) is 23.0 Å². The number of hydrogen-bond donors (Lipinski definition) is 1. The van der Waals surface area contributed by atoms with Gasteiger partial charge in [0.05, 0.1) is 17.9 Å². The third-order valence-electron chi connectivity index (χ3n) is 3.49. The second-order valence-electron chi connectivity index (χ2n) is 5.09. The van der Waals surface area contributed by atoms with E-state index >= 15 is 0 Å². The fourth-order valence-corrected chi connectivity index (χ4v) is 2.28. The molecule has 0 spiro atoms. The minimum Gasteiger partial charge on any atom is -0.459 e. The van der Waals surface area contributed by atoms with Gasteiger partial charge in [0.25, 0.3) is 0 Å². The molecule has 3 rings (SSSR count). The lowest BCUT2D eigenvalue weighted by molar-refractivity contribution is 0.554. The molecule has 1 aromatic carbocycles. The molecule has 2 aromatic heterocycles. The third-order valence-corrected chi connectivity index (χ3v) is 3.49. The van der Waals surface area contributed by atoms with Gasteiger partial charge in [-0.1, -0.05) is 0 Å². The lowest BCUT2D eigenvalue weighted by Crippen LogP contribution is -2.05. The molecule has 0 saturated carbocycles. The van der Waals surface area contributed by atoms with Gasteiger partial charge in [0.15, 0.2) is 0 Å². The molecule has 21 heavy (non-hydrogen) atoms. The standard InChI is InChI=1S/C16H16FN3O/c1-9-7-18-11(3)16(20-9)19-8-15-10(2)13-6-12(17)4-5-14(13)21-15/h4-7H,8H2,1-3H3,(H,19,20). The van der Waals surface area contributed by atoms with Crippen LogP contribution in [-0.2, 0) is 6.54 Å². The van der Waals surface area contributed by atoms with Crippen molar-refractivity contribution in [2.45, 2.75) is 27.3 Å². The molecule has 0 fully saturated rings. The van der Waals surface area contributed by atoms with Crippen molar-refractivity contribution in [3.05, 3.63) is 52.9 Å². The van der Waals surface area contributed by atoms with Crippen molar-refractivity contribution in [3.8, 4) is 0 Å². The summed E-state index contributed by atoms with van der Waals surface area (Å²) < 4.78 is 19.1. The number of aromatic nitrogens is 2. The van der Waals surface area contributed by atoms with Crippen LogP contribution in [0.5, 0.6) is 0 Å². The molecule has 0 bridgehead atoms. The van der Waals surface area contributed by atoms with Crippen LogP contribution in [0.15, 0.2) is 28.8 Å². The predicted molar refractivity (Wildman–Crippen MR) is 79.7 cm³/mol. The molecule has 0 saturated heterocycles. The zero-order chi connectivity index (χ0) is 15.0. The first-order valence-corrected chi connectivity index (χ1v) is 6.76. The molecule has 0 aliphatic carbocycles. The van der Waals surface area contributed by atoms with Crippen LogP contribution in [0.25, 0.3) is 11.0 Å². The second-order valence-corrected chi connectivity index (χ2v) is 5.09. The van der Waals surface area contributed by atoms with Gasteiger partial charge >= 0.3 is 0 Å². The molecule has 2 heterocycles. The molecule has 0 atom stereocenters. The summed E-state index contributed by atoms with van der Waals surface area (Å²) in [7, 11) is 0. The van der Waals surface area contributed by atoms with Crippen molar-refractivity contribution in [1.82, 2.24) is 9.97 Å². The number of nitrogens with one attached hydrogen (secondary N) is 1. The summed E-state index contributed by atoms with van der Waals surface area (Å²) in [4.78, 5) is 8.67. The Morgan fingerprint density at radius 2 is 2.05 bits per heavy atom. The number of aryl methyl sites for hydroxylation is 3. The molecule has 108 valence electrons. The van der Waals surface area contributed by atoms with Crippen LogP contribution >= 0.6 is 0 Å². The van der Waals surface area contributed by atoms with Crippen LogP contribution < -0.4 is 5.32 Å². The van der Waals surface area contributed by atoms with Gasteiger partial charge in [0.2, 0.25) is 0 Å². The van der Waals surface area contributed by atoms with Gasteiger partial charge in [-0.05, 0) is 39.0 Å². The Kier molecular flexibility index (Phi) is 3.33.